The van der Waals surface area contributed by atoms with Crippen LogP contribution < -0.4 is 0 Å². The monoisotopic (exact) mass is 316 g/mol. The van der Waals surface area contributed by atoms with Gasteiger partial charge in [-0.1, -0.05) is 28.1 Å². The molecule has 1 aromatic heterocycles. The molecule has 0 N–H and O–H groups in total. The van der Waals surface area contributed by atoms with Crippen molar-refractivity contribution >= 4 is 27.0 Å². The smallest absolute Gasteiger partial charge is 0.100 e. The van der Waals surface area contributed by atoms with Crippen LogP contribution in [0.2, 0.25) is 0 Å². The van der Waals surface area contributed by atoms with Gasteiger partial charge in [0.2, 0.25) is 0 Å². The first-order chi connectivity index (χ1) is 9.28. The van der Waals surface area contributed by atoms with Crippen LogP contribution in [0.1, 0.15) is 5.56 Å². The Morgan fingerprint density at radius 3 is 2.89 bits per heavy atom. The number of nitrogens with zero attached hydrogens (tertiary/aromatic N) is 2. The maximum Gasteiger partial charge on any atom is 0.100 e. The summed E-state index contributed by atoms with van der Waals surface area (Å²) in [6, 6.07) is 14.4. The molecule has 3 aromatic rings. The van der Waals surface area contributed by atoms with Crippen molar-refractivity contribution in [1.29, 1.82) is 0 Å². The summed E-state index contributed by atoms with van der Waals surface area (Å²) in [4.78, 5) is 4.46. The SMILES string of the molecule is COCc1ccc2c(c1)ncn2-c1cccc(Br)c1. The summed E-state index contributed by atoms with van der Waals surface area (Å²) in [7, 11) is 1.70. The highest BCUT2D eigenvalue weighted by Gasteiger charge is 2.05. The number of halogens is 1. The van der Waals surface area contributed by atoms with Gasteiger partial charge in [-0.05, 0) is 35.9 Å². The lowest BCUT2D eigenvalue weighted by molar-refractivity contribution is 0.185. The lowest BCUT2D eigenvalue weighted by atomic mass is 10.2. The fourth-order valence-electron chi connectivity index (χ4n) is 2.15. The molecule has 0 saturated heterocycles. The van der Waals surface area contributed by atoms with E-state index in [4.69, 9.17) is 4.74 Å². The molecule has 0 unspecified atom stereocenters. The maximum absolute atomic E-state index is 5.14. The van der Waals surface area contributed by atoms with Crippen LogP contribution in [0.25, 0.3) is 16.7 Å². The zero-order valence-corrected chi connectivity index (χ0v) is 12.1. The number of imidazole rings is 1. The highest BCUT2D eigenvalue weighted by Crippen LogP contribution is 2.22. The van der Waals surface area contributed by atoms with Crippen LogP contribution in [-0.4, -0.2) is 16.7 Å². The Labute approximate surface area is 120 Å². The number of hydrogen-bond acceptors (Lipinski definition) is 2. The van der Waals surface area contributed by atoms with Crippen molar-refractivity contribution in [2.24, 2.45) is 0 Å². The summed E-state index contributed by atoms with van der Waals surface area (Å²) >= 11 is 3.49. The molecule has 0 radical (unpaired) electrons. The summed E-state index contributed by atoms with van der Waals surface area (Å²) in [5, 5.41) is 0. The van der Waals surface area contributed by atoms with E-state index in [1.807, 2.05) is 18.5 Å². The normalized spacial score (nSPS) is 11.1. The Balaban J connectivity index is 2.10. The zero-order chi connectivity index (χ0) is 13.2. The fourth-order valence-corrected chi connectivity index (χ4v) is 2.53. The zero-order valence-electron chi connectivity index (χ0n) is 10.5. The Morgan fingerprint density at radius 2 is 2.11 bits per heavy atom. The molecule has 0 bridgehead atoms. The minimum Gasteiger partial charge on any atom is -0.380 e. The van der Waals surface area contributed by atoms with Gasteiger partial charge in [0, 0.05) is 17.3 Å². The molecule has 0 atom stereocenters. The predicted molar refractivity (Wildman–Crippen MR) is 79.5 cm³/mol. The maximum atomic E-state index is 5.14. The van der Waals surface area contributed by atoms with E-state index >= 15 is 0 Å². The molecule has 3 nitrogen and oxygen atoms in total. The molecule has 19 heavy (non-hydrogen) atoms. The van der Waals surface area contributed by atoms with Crippen molar-refractivity contribution in [3.63, 3.8) is 0 Å². The van der Waals surface area contributed by atoms with E-state index in [9.17, 15) is 0 Å². The number of benzene rings is 2. The quantitative estimate of drug-likeness (QED) is 0.732. The Morgan fingerprint density at radius 1 is 1.21 bits per heavy atom. The van der Waals surface area contributed by atoms with E-state index in [1.54, 1.807) is 7.11 Å². The highest BCUT2D eigenvalue weighted by molar-refractivity contribution is 9.10. The number of ether oxygens (including phenoxy) is 1. The number of hydrogen-bond donors (Lipinski definition) is 0. The third-order valence-electron chi connectivity index (χ3n) is 3.01. The molecular weight excluding hydrogens is 304 g/mol. The van der Waals surface area contributed by atoms with Crippen molar-refractivity contribution in [3.05, 3.63) is 58.8 Å². The van der Waals surface area contributed by atoms with Crippen LogP contribution in [-0.2, 0) is 11.3 Å². The molecular formula is C15H13BrN2O. The van der Waals surface area contributed by atoms with Gasteiger partial charge in [0.1, 0.15) is 6.33 Å². The average molecular weight is 317 g/mol. The minimum atomic E-state index is 0.611. The van der Waals surface area contributed by atoms with E-state index in [0.29, 0.717) is 6.61 Å². The van der Waals surface area contributed by atoms with Gasteiger partial charge in [0.05, 0.1) is 17.6 Å². The van der Waals surface area contributed by atoms with Crippen molar-refractivity contribution in [2.75, 3.05) is 7.11 Å². The molecule has 0 spiro atoms. The standard InChI is InChI=1S/C15H13BrN2O/c1-19-9-11-5-6-15-14(7-11)17-10-18(15)13-4-2-3-12(16)8-13/h2-8,10H,9H2,1H3. The summed E-state index contributed by atoms with van der Waals surface area (Å²) in [5.41, 5.74) is 4.30. The van der Waals surface area contributed by atoms with E-state index in [2.05, 4.69) is 55.8 Å². The molecule has 1 heterocycles. The lowest BCUT2D eigenvalue weighted by Crippen LogP contribution is -1.92. The Kier molecular flexibility index (Phi) is 3.36. The number of rotatable bonds is 3. The van der Waals surface area contributed by atoms with Crippen LogP contribution >= 0.6 is 15.9 Å². The van der Waals surface area contributed by atoms with Gasteiger partial charge < -0.3 is 4.74 Å². The van der Waals surface area contributed by atoms with Gasteiger partial charge in [-0.25, -0.2) is 4.98 Å². The molecule has 0 aliphatic heterocycles. The summed E-state index contributed by atoms with van der Waals surface area (Å²) in [5.74, 6) is 0. The molecule has 3 rings (SSSR count). The highest BCUT2D eigenvalue weighted by atomic mass is 79.9. The number of fused-ring (bicyclic) bond motifs is 1. The van der Waals surface area contributed by atoms with Gasteiger partial charge in [0.25, 0.3) is 0 Å². The number of methoxy groups -OCH3 is 1. The summed E-state index contributed by atoms with van der Waals surface area (Å²) in [6.07, 6.45) is 1.85. The van der Waals surface area contributed by atoms with E-state index in [0.717, 1.165) is 26.8 Å². The van der Waals surface area contributed by atoms with Crippen molar-refractivity contribution in [3.8, 4) is 5.69 Å². The van der Waals surface area contributed by atoms with Crippen LogP contribution in [0.3, 0.4) is 0 Å². The molecule has 4 heteroatoms. The summed E-state index contributed by atoms with van der Waals surface area (Å²) < 4.78 is 8.28. The van der Waals surface area contributed by atoms with Gasteiger partial charge in [-0.3, -0.25) is 4.57 Å². The second-order valence-electron chi connectivity index (χ2n) is 4.35. The predicted octanol–water partition coefficient (Wildman–Crippen LogP) is 3.93. The van der Waals surface area contributed by atoms with Gasteiger partial charge in [-0.15, -0.1) is 0 Å². The first kappa shape index (κ1) is 12.4. The van der Waals surface area contributed by atoms with Gasteiger partial charge in [-0.2, -0.15) is 0 Å². The summed E-state index contributed by atoms with van der Waals surface area (Å²) in [6.45, 7) is 0.611. The van der Waals surface area contributed by atoms with E-state index in [-0.39, 0.29) is 0 Å². The first-order valence-corrected chi connectivity index (χ1v) is 6.78. The lowest BCUT2D eigenvalue weighted by Gasteiger charge is -2.05. The first-order valence-electron chi connectivity index (χ1n) is 5.99. The van der Waals surface area contributed by atoms with Crippen LogP contribution in [0.4, 0.5) is 0 Å². The molecule has 96 valence electrons. The van der Waals surface area contributed by atoms with Crippen LogP contribution in [0.5, 0.6) is 0 Å². The van der Waals surface area contributed by atoms with Gasteiger partial charge >= 0.3 is 0 Å². The van der Waals surface area contributed by atoms with Crippen LogP contribution in [0, 0.1) is 0 Å². The second-order valence-corrected chi connectivity index (χ2v) is 5.27. The van der Waals surface area contributed by atoms with Crippen LogP contribution in [0.15, 0.2) is 53.3 Å². The molecule has 0 fully saturated rings. The third kappa shape index (κ3) is 2.41. The Hall–Kier alpha value is -1.65. The second kappa shape index (κ2) is 5.15. The van der Waals surface area contributed by atoms with E-state index < -0.39 is 0 Å². The van der Waals surface area contributed by atoms with Gasteiger partial charge in [0.15, 0.2) is 0 Å². The van der Waals surface area contributed by atoms with Crippen molar-refractivity contribution in [2.45, 2.75) is 6.61 Å². The minimum absolute atomic E-state index is 0.611. The molecule has 0 aliphatic rings. The molecule has 2 aromatic carbocycles. The largest absolute Gasteiger partial charge is 0.380 e. The topological polar surface area (TPSA) is 27.1 Å². The van der Waals surface area contributed by atoms with E-state index in [1.165, 1.54) is 0 Å². The fraction of sp³-hybridized carbons (Fsp3) is 0.133. The molecule has 0 saturated carbocycles. The Bertz CT molecular complexity index is 721. The molecule has 0 aliphatic carbocycles. The van der Waals surface area contributed by atoms with Crippen molar-refractivity contribution < 1.29 is 4.74 Å². The average Bonchev–Trinajstić information content (AvgIpc) is 2.82. The van der Waals surface area contributed by atoms with Crippen molar-refractivity contribution in [1.82, 2.24) is 9.55 Å². The third-order valence-corrected chi connectivity index (χ3v) is 3.50. The number of aromatic nitrogens is 2. The molecule has 0 amide bonds.